The summed E-state index contributed by atoms with van der Waals surface area (Å²) in [6, 6.07) is 18.7. The summed E-state index contributed by atoms with van der Waals surface area (Å²) < 4.78 is 0. The molecular formula is C39H61Ti2. The van der Waals surface area contributed by atoms with Crippen LogP contribution in [-0.2, 0) is 43.4 Å². The van der Waals surface area contributed by atoms with Gasteiger partial charge in [0.05, 0.1) is 0 Å². The fraction of sp³-hybridized carbons (Fsp3) is 0.410. The number of hydrogen-bond donors (Lipinski definition) is 0. The van der Waals surface area contributed by atoms with Crippen LogP contribution in [0.15, 0.2) is 48.5 Å². The summed E-state index contributed by atoms with van der Waals surface area (Å²) in [5.74, 6) is 2.42. The topological polar surface area (TPSA) is 0 Å². The van der Waals surface area contributed by atoms with Gasteiger partial charge in [-0.15, -0.1) is 56.9 Å². The summed E-state index contributed by atoms with van der Waals surface area (Å²) in [5, 5.41) is 5.70. The van der Waals surface area contributed by atoms with E-state index >= 15 is 0 Å². The van der Waals surface area contributed by atoms with Crippen LogP contribution >= 0.6 is 0 Å². The monoisotopic (exact) mass is 625 g/mol. The molecule has 1 radical (unpaired) electrons. The fourth-order valence-corrected chi connectivity index (χ4v) is 4.67. The van der Waals surface area contributed by atoms with E-state index in [4.69, 9.17) is 0 Å². The number of hydrogen-bond acceptors (Lipinski definition) is 0. The van der Waals surface area contributed by atoms with Crippen LogP contribution < -0.4 is 0 Å². The van der Waals surface area contributed by atoms with Gasteiger partial charge in [0.2, 0.25) is 0 Å². The average molecular weight is 626 g/mol. The third-order valence-corrected chi connectivity index (χ3v) is 6.62. The molecule has 0 amide bonds. The van der Waals surface area contributed by atoms with E-state index in [1.54, 1.807) is 0 Å². The molecule has 0 bridgehead atoms. The van der Waals surface area contributed by atoms with Crippen molar-refractivity contribution in [2.75, 3.05) is 0 Å². The fourth-order valence-electron chi connectivity index (χ4n) is 4.67. The zero-order valence-electron chi connectivity index (χ0n) is 29.5. The molecule has 4 aromatic carbocycles. The summed E-state index contributed by atoms with van der Waals surface area (Å²) in [6.07, 6.45) is 2.00. The van der Waals surface area contributed by atoms with Crippen LogP contribution in [0.3, 0.4) is 0 Å². The Morgan fingerprint density at radius 3 is 1.00 bits per heavy atom. The van der Waals surface area contributed by atoms with Crippen LogP contribution in [0.2, 0.25) is 0 Å². The number of benzene rings is 2. The van der Waals surface area contributed by atoms with Crippen molar-refractivity contribution < 1.29 is 43.4 Å². The van der Waals surface area contributed by atoms with Crippen molar-refractivity contribution in [2.24, 2.45) is 0 Å². The first-order valence-electron chi connectivity index (χ1n) is 13.5. The predicted octanol–water partition coefficient (Wildman–Crippen LogP) is 13.3. The van der Waals surface area contributed by atoms with E-state index in [1.165, 1.54) is 54.9 Å². The average Bonchev–Trinajstić information content (AvgIpc) is 3.33. The van der Waals surface area contributed by atoms with Crippen molar-refractivity contribution >= 4 is 21.5 Å². The molecule has 0 N–H and O–H groups in total. The second kappa shape index (κ2) is 22.6. The van der Waals surface area contributed by atoms with E-state index < -0.39 is 0 Å². The quantitative estimate of drug-likeness (QED) is 0.156. The third kappa shape index (κ3) is 13.5. The maximum atomic E-state index is 2.39. The van der Waals surface area contributed by atoms with E-state index in [1.807, 2.05) is 20.3 Å². The van der Waals surface area contributed by atoms with Gasteiger partial charge in [-0.2, -0.15) is 26.0 Å². The maximum absolute atomic E-state index is 2.39. The van der Waals surface area contributed by atoms with Crippen molar-refractivity contribution in [3.05, 3.63) is 118 Å². The molecule has 0 fully saturated rings. The maximum Gasteiger partial charge on any atom is 4.00 e. The second-order valence-corrected chi connectivity index (χ2v) is 11.5. The van der Waals surface area contributed by atoms with Crippen molar-refractivity contribution in [1.29, 1.82) is 0 Å². The minimum Gasteiger partial charge on any atom is -0.358 e. The molecule has 0 aromatic heterocycles. The Kier molecular flexibility index (Phi) is 27.4. The number of fused-ring (bicyclic) bond motifs is 2. The van der Waals surface area contributed by atoms with Crippen molar-refractivity contribution in [3.63, 3.8) is 0 Å². The minimum atomic E-state index is 0. The van der Waals surface area contributed by atoms with E-state index in [0.717, 1.165) is 0 Å². The van der Waals surface area contributed by atoms with Gasteiger partial charge in [-0.1, -0.05) is 104 Å². The first-order valence-corrected chi connectivity index (χ1v) is 13.5. The first kappa shape index (κ1) is 49.7. The summed E-state index contributed by atoms with van der Waals surface area (Å²) in [5.41, 5.74) is 8.66. The van der Waals surface area contributed by atoms with Gasteiger partial charge in [-0.25, -0.2) is 0 Å². The van der Waals surface area contributed by atoms with E-state index in [0.29, 0.717) is 23.7 Å². The molecule has 0 aliphatic carbocycles. The van der Waals surface area contributed by atoms with Crippen LogP contribution in [0.1, 0.15) is 126 Å². The van der Waals surface area contributed by atoms with Crippen molar-refractivity contribution in [2.45, 2.75) is 107 Å². The Morgan fingerprint density at radius 1 is 0.512 bits per heavy atom. The molecule has 0 atom stereocenters. The standard InChI is InChI=1S/2C16H21.C3H7.4CH3.2Ti/c2*1-10(2)13-8-14-6-12(5)7-16(14)15(9-13)11(3)4;1-3-2;;;;;;/h2*6-11H,1-5H3;3H,1-2H3;4*1H3;;/q7*-1;+3;+4. The SMILES string of the molecule is C[CH-]C.Cc1cc2c(C(C)C)cc(C(C)C)cc2[cH-]1.Cc1cc2c(C(C)C)cc(C(C)C)cc2[cH-]1.[CH3-].[CH3-].[CH3-].[CH3-].[Ti+3].[Ti+4]. The van der Waals surface area contributed by atoms with Crippen LogP contribution in [0, 0.1) is 50.0 Å². The number of rotatable bonds is 4. The Labute approximate surface area is 288 Å². The van der Waals surface area contributed by atoms with E-state index in [2.05, 4.69) is 118 Å². The van der Waals surface area contributed by atoms with Crippen molar-refractivity contribution in [1.82, 2.24) is 0 Å². The largest absolute Gasteiger partial charge is 4.00 e. The van der Waals surface area contributed by atoms with Crippen molar-refractivity contribution in [3.8, 4) is 0 Å². The van der Waals surface area contributed by atoms with Crippen LogP contribution in [0.25, 0.3) is 21.5 Å². The second-order valence-electron chi connectivity index (χ2n) is 11.5. The van der Waals surface area contributed by atoms with Gasteiger partial charge in [0.25, 0.3) is 0 Å². The van der Waals surface area contributed by atoms with E-state index in [-0.39, 0.29) is 73.1 Å². The zero-order valence-corrected chi connectivity index (χ0v) is 32.6. The van der Waals surface area contributed by atoms with Gasteiger partial charge >= 0.3 is 43.4 Å². The molecule has 0 heterocycles. The molecule has 4 rings (SSSR count). The third-order valence-electron chi connectivity index (χ3n) is 6.62. The smallest absolute Gasteiger partial charge is 0.358 e. The Hall–Kier alpha value is -0.911. The summed E-state index contributed by atoms with van der Waals surface area (Å²) in [7, 11) is 0. The van der Waals surface area contributed by atoms with Gasteiger partial charge in [0, 0.05) is 0 Å². The Bertz CT molecular complexity index is 1120. The minimum absolute atomic E-state index is 0. The molecule has 0 aliphatic rings. The Morgan fingerprint density at radius 2 is 0.780 bits per heavy atom. The molecule has 0 nitrogen and oxygen atoms in total. The summed E-state index contributed by atoms with van der Waals surface area (Å²) >= 11 is 0. The number of aryl methyl sites for hydroxylation is 2. The molecule has 0 aliphatic heterocycles. The van der Waals surface area contributed by atoms with Gasteiger partial charge < -0.3 is 36.1 Å². The van der Waals surface area contributed by atoms with Crippen LogP contribution in [-0.4, -0.2) is 0 Å². The molecule has 0 spiro atoms. The van der Waals surface area contributed by atoms with Gasteiger partial charge in [0.15, 0.2) is 0 Å². The van der Waals surface area contributed by atoms with Crippen LogP contribution in [0.4, 0.5) is 0 Å². The first-order chi connectivity index (χ1) is 16.4. The molecule has 4 aromatic rings. The van der Waals surface area contributed by atoms with Gasteiger partial charge in [-0.05, 0) is 23.7 Å². The molecular weight excluding hydrogens is 564 g/mol. The van der Waals surface area contributed by atoms with Gasteiger partial charge in [0.1, 0.15) is 0 Å². The molecule has 0 unspecified atom stereocenters. The Balaban J connectivity index is -0.000000170. The molecule has 0 saturated carbocycles. The molecule has 41 heavy (non-hydrogen) atoms. The predicted molar refractivity (Wildman–Crippen MR) is 186 cm³/mol. The molecule has 225 valence electrons. The normalized spacial score (nSPS) is 9.76. The zero-order chi connectivity index (χ0) is 26.4. The summed E-state index contributed by atoms with van der Waals surface area (Å²) in [6.45, 7) is 26.5. The molecule has 2 heteroatoms. The van der Waals surface area contributed by atoms with Gasteiger partial charge in [-0.3, -0.25) is 0 Å². The van der Waals surface area contributed by atoms with Crippen LogP contribution in [0.5, 0.6) is 0 Å². The summed E-state index contributed by atoms with van der Waals surface area (Å²) in [4.78, 5) is 0. The van der Waals surface area contributed by atoms with E-state index in [9.17, 15) is 0 Å². The molecule has 0 saturated heterocycles.